The zero-order valence-electron chi connectivity index (χ0n) is 78.5. The molecule has 0 aliphatic heterocycles. The molecule has 0 unspecified atom stereocenters. The molecule has 0 saturated heterocycles. The molecule has 27 aromatic rings. The Labute approximate surface area is 826 Å². The van der Waals surface area contributed by atoms with Crippen LogP contribution < -0.4 is 14.7 Å². The summed E-state index contributed by atoms with van der Waals surface area (Å²) in [4.78, 5) is 24.4. The van der Waals surface area contributed by atoms with Crippen molar-refractivity contribution in [3.05, 3.63) is 510 Å². The van der Waals surface area contributed by atoms with Gasteiger partial charge in [0.1, 0.15) is 0 Å². The standard InChI is InChI=1S/C132H91N11/c1-87(2)136(99-72-66-88(67-73-99)107-55-31-58-115-110-50-18-25-63-122(110)141(127(107)115)96-41-12-5-13-42-96)102-47-28-34-91(82-102)130-133-131(92-35-29-48-103(83-92)137(105-78-80-125-118(85-105)113-53-21-23-61-120(113)139(125)94-37-8-3-9-38-94)100-74-68-89(69-75-100)108-56-32-59-116-111-51-19-26-64-123(111)142(128(108)116)97-43-14-6-15-44-97)135-132(134-130)93-36-30-49-104(84-93)138(106-79-81-126-119(86-106)114-54-22-24-62-121(114)140(126)95-39-10-4-11-40-95)101-76-70-90(71-77-101)109-57-33-60-117-112-52-20-27-65-124(112)143(129(109)117)98-45-16-7-17-46-98/h3-87H,1-2H3. The number of para-hydroxylation sites is 13. The molecule has 0 saturated carbocycles. The van der Waals surface area contributed by atoms with Crippen LogP contribution in [0.3, 0.4) is 0 Å². The summed E-state index contributed by atoms with van der Waals surface area (Å²) in [6.07, 6.45) is 0. The molecule has 0 aliphatic rings. The maximum atomic E-state index is 5.77. The van der Waals surface area contributed by atoms with Gasteiger partial charge in [-0.25, -0.2) is 15.0 Å². The van der Waals surface area contributed by atoms with E-state index in [0.29, 0.717) is 17.5 Å². The van der Waals surface area contributed by atoms with Crippen molar-refractivity contribution >= 4 is 155 Å². The Morgan fingerprint density at radius 1 is 0.168 bits per heavy atom. The summed E-state index contributed by atoms with van der Waals surface area (Å²) in [5.74, 6) is 1.53. The molecule has 674 valence electrons. The molecule has 6 heterocycles. The fraction of sp³-hybridized carbons (Fsp3) is 0.0227. The average molecular weight is 1830 g/mol. The first-order valence-corrected chi connectivity index (χ1v) is 49.0. The molecule has 11 heteroatoms. The number of benzene rings is 21. The SMILES string of the molecule is CC(C)N(c1ccc(-c2cccc3c4ccccc4n(-c4ccccc4)c23)cc1)c1cccc(-c2nc(-c3cccc(N(c4ccc(-c5cccc6c7ccccc7n(-c7ccccc7)c56)cc4)c4ccc5c(c4)c4ccccc4n5-c4ccccc4)c3)nc(-c3cccc(N(c4ccc(-c5cccc6c7ccccc7n(-c7ccccc7)c56)cc4)c4ccc5c(c4)c4ccccc4n5-c4ccccc4)c3)n2)c1. The first kappa shape index (κ1) is 83.4. The minimum absolute atomic E-state index is 0.0312. The van der Waals surface area contributed by atoms with Gasteiger partial charge in [-0.15, -0.1) is 0 Å². The highest BCUT2D eigenvalue weighted by Crippen LogP contribution is 2.49. The van der Waals surface area contributed by atoms with E-state index < -0.39 is 0 Å². The molecule has 0 spiro atoms. The van der Waals surface area contributed by atoms with Crippen molar-refractivity contribution in [2.75, 3.05) is 14.7 Å². The Kier molecular flexibility index (Phi) is 20.2. The number of fused-ring (bicyclic) bond motifs is 15. The third kappa shape index (κ3) is 14.2. The van der Waals surface area contributed by atoms with Gasteiger partial charge in [0.2, 0.25) is 0 Å². The lowest BCUT2D eigenvalue weighted by Gasteiger charge is -2.30. The van der Waals surface area contributed by atoms with Crippen LogP contribution in [0.1, 0.15) is 13.8 Å². The summed E-state index contributed by atoms with van der Waals surface area (Å²) in [6.45, 7) is 4.52. The quantitative estimate of drug-likeness (QED) is 0.0757. The fourth-order valence-electron chi connectivity index (χ4n) is 22.3. The number of hydrogen-bond acceptors (Lipinski definition) is 6. The first-order chi connectivity index (χ1) is 70.8. The molecule has 0 amide bonds. The molecule has 21 aromatic carbocycles. The van der Waals surface area contributed by atoms with Crippen molar-refractivity contribution in [1.82, 2.24) is 37.8 Å². The van der Waals surface area contributed by atoms with E-state index in [-0.39, 0.29) is 6.04 Å². The maximum absolute atomic E-state index is 5.77. The molecule has 0 N–H and O–H groups in total. The van der Waals surface area contributed by atoms with E-state index in [1.54, 1.807) is 0 Å². The van der Waals surface area contributed by atoms with Crippen LogP contribution >= 0.6 is 0 Å². The minimum Gasteiger partial charge on any atom is -0.339 e. The molecule has 0 atom stereocenters. The summed E-state index contributed by atoms with van der Waals surface area (Å²) in [6, 6.07) is 185. The van der Waals surface area contributed by atoms with E-state index in [0.717, 1.165) is 190 Å². The summed E-state index contributed by atoms with van der Waals surface area (Å²) >= 11 is 0. The zero-order valence-corrected chi connectivity index (χ0v) is 78.5. The summed E-state index contributed by atoms with van der Waals surface area (Å²) in [5.41, 5.74) is 33.9. The zero-order chi connectivity index (χ0) is 94.7. The smallest absolute Gasteiger partial charge is 0.164 e. The summed E-state index contributed by atoms with van der Waals surface area (Å²) in [5, 5.41) is 11.8. The van der Waals surface area contributed by atoms with Crippen LogP contribution in [0.25, 0.3) is 205 Å². The van der Waals surface area contributed by atoms with Crippen LogP contribution in [0.15, 0.2) is 510 Å². The summed E-state index contributed by atoms with van der Waals surface area (Å²) in [7, 11) is 0. The Morgan fingerprint density at radius 3 is 0.727 bits per heavy atom. The number of aromatic nitrogens is 8. The molecule has 0 radical (unpaired) electrons. The van der Waals surface area contributed by atoms with Crippen molar-refractivity contribution in [1.29, 1.82) is 0 Å². The second-order valence-electron chi connectivity index (χ2n) is 37.2. The van der Waals surface area contributed by atoms with Gasteiger partial charge in [-0.2, -0.15) is 0 Å². The topological polar surface area (TPSA) is 73.0 Å². The monoisotopic (exact) mass is 1830 g/mol. The fourth-order valence-corrected chi connectivity index (χ4v) is 22.3. The molecular formula is C132H91N11. The van der Waals surface area contributed by atoms with E-state index in [1.807, 2.05) is 0 Å². The van der Waals surface area contributed by atoms with Crippen molar-refractivity contribution in [3.8, 4) is 96.0 Å². The summed E-state index contributed by atoms with van der Waals surface area (Å²) < 4.78 is 12.0. The highest BCUT2D eigenvalue weighted by molar-refractivity contribution is 6.18. The van der Waals surface area contributed by atoms with Gasteiger partial charge in [0.25, 0.3) is 0 Å². The van der Waals surface area contributed by atoms with Gasteiger partial charge in [0, 0.05) is 167 Å². The molecular weight excluding hydrogens is 1740 g/mol. The molecule has 11 nitrogen and oxygen atoms in total. The third-order valence-electron chi connectivity index (χ3n) is 28.6. The molecule has 0 aliphatic carbocycles. The molecule has 143 heavy (non-hydrogen) atoms. The van der Waals surface area contributed by atoms with Gasteiger partial charge in [-0.1, -0.05) is 309 Å². The van der Waals surface area contributed by atoms with Crippen LogP contribution in [-0.2, 0) is 0 Å². The van der Waals surface area contributed by atoms with Crippen LogP contribution in [0.2, 0.25) is 0 Å². The highest BCUT2D eigenvalue weighted by atomic mass is 15.2. The van der Waals surface area contributed by atoms with Crippen LogP contribution in [-0.4, -0.2) is 43.8 Å². The predicted octanol–water partition coefficient (Wildman–Crippen LogP) is 34.8. The van der Waals surface area contributed by atoms with E-state index in [2.05, 4.69) is 561 Å². The number of anilines is 8. The Hall–Kier alpha value is -19.0. The number of hydrogen-bond donors (Lipinski definition) is 0. The van der Waals surface area contributed by atoms with Gasteiger partial charge in [-0.3, -0.25) is 0 Å². The van der Waals surface area contributed by atoms with Crippen molar-refractivity contribution in [2.45, 2.75) is 19.9 Å². The number of rotatable bonds is 20. The Bertz CT molecular complexity index is 9190. The van der Waals surface area contributed by atoms with Gasteiger partial charge >= 0.3 is 0 Å². The van der Waals surface area contributed by atoms with Crippen molar-refractivity contribution in [3.63, 3.8) is 0 Å². The second-order valence-corrected chi connectivity index (χ2v) is 37.2. The van der Waals surface area contributed by atoms with Crippen molar-refractivity contribution < 1.29 is 0 Å². The lowest BCUT2D eigenvalue weighted by Crippen LogP contribution is -2.25. The predicted molar refractivity (Wildman–Crippen MR) is 597 cm³/mol. The van der Waals surface area contributed by atoms with E-state index in [9.17, 15) is 0 Å². The Balaban J connectivity index is 0.631. The van der Waals surface area contributed by atoms with Crippen LogP contribution in [0.5, 0.6) is 0 Å². The van der Waals surface area contributed by atoms with Crippen LogP contribution in [0.4, 0.5) is 45.5 Å². The molecule has 0 bridgehead atoms. The first-order valence-electron chi connectivity index (χ1n) is 49.0. The second kappa shape index (κ2) is 34.6. The van der Waals surface area contributed by atoms with Gasteiger partial charge < -0.3 is 37.5 Å². The van der Waals surface area contributed by atoms with E-state index in [4.69, 9.17) is 15.0 Å². The maximum Gasteiger partial charge on any atom is 0.164 e. The molecule has 0 fully saturated rings. The van der Waals surface area contributed by atoms with Crippen molar-refractivity contribution in [2.24, 2.45) is 0 Å². The number of nitrogens with zero attached hydrogens (tertiary/aromatic N) is 11. The van der Waals surface area contributed by atoms with Gasteiger partial charge in [0.15, 0.2) is 17.5 Å². The van der Waals surface area contributed by atoms with Crippen LogP contribution in [0, 0.1) is 0 Å². The van der Waals surface area contributed by atoms with E-state index in [1.165, 1.54) is 43.4 Å². The lowest BCUT2D eigenvalue weighted by atomic mass is 10.0. The molecule has 27 rings (SSSR count). The largest absolute Gasteiger partial charge is 0.339 e. The van der Waals surface area contributed by atoms with Gasteiger partial charge in [-0.05, 0) is 231 Å². The molecule has 6 aromatic heterocycles. The van der Waals surface area contributed by atoms with E-state index >= 15 is 0 Å². The lowest BCUT2D eigenvalue weighted by molar-refractivity contribution is 0.789. The Morgan fingerprint density at radius 2 is 0.406 bits per heavy atom. The highest BCUT2D eigenvalue weighted by Gasteiger charge is 2.28. The van der Waals surface area contributed by atoms with Gasteiger partial charge in [0.05, 0.1) is 55.2 Å². The third-order valence-corrected chi connectivity index (χ3v) is 28.6. The average Bonchev–Trinajstić information content (AvgIpc) is 1.61. The normalized spacial score (nSPS) is 11.8. The minimum atomic E-state index is 0.0312.